The zero-order valence-electron chi connectivity index (χ0n) is 22.2. The topological polar surface area (TPSA) is 94.1 Å². The lowest BCUT2D eigenvalue weighted by Crippen LogP contribution is -2.53. The van der Waals surface area contributed by atoms with Gasteiger partial charge in [0.25, 0.3) is 11.5 Å². The number of rotatable bonds is 7. The number of amides is 3. The van der Waals surface area contributed by atoms with Gasteiger partial charge in [-0.15, -0.1) is 0 Å². The van der Waals surface area contributed by atoms with E-state index in [1.165, 1.54) is 17.0 Å². The number of aliphatic hydroxyl groups is 1. The van der Waals surface area contributed by atoms with Gasteiger partial charge >= 0.3 is 18.4 Å². The van der Waals surface area contributed by atoms with Crippen molar-refractivity contribution in [1.82, 2.24) is 15.1 Å². The van der Waals surface area contributed by atoms with Crippen molar-refractivity contribution in [3.8, 4) is 0 Å². The van der Waals surface area contributed by atoms with Crippen molar-refractivity contribution >= 4 is 17.6 Å². The number of carbonyl (C=O) groups excluding carboxylic acids is 2. The number of urea groups is 1. The summed E-state index contributed by atoms with van der Waals surface area (Å²) in [5, 5.41) is 14.5. The largest absolute Gasteiger partial charge is 0.430 e. The Balaban J connectivity index is 1.29. The summed E-state index contributed by atoms with van der Waals surface area (Å²) in [6.45, 7) is 2.28. The average Bonchev–Trinajstić information content (AvgIpc) is 3.46. The van der Waals surface area contributed by atoms with Crippen molar-refractivity contribution < 1.29 is 50.2 Å². The minimum Gasteiger partial charge on any atom is -0.376 e. The molecule has 2 saturated heterocycles. The first-order chi connectivity index (χ1) is 19.7. The Labute approximate surface area is 236 Å². The van der Waals surface area contributed by atoms with Crippen molar-refractivity contribution in [3.63, 3.8) is 0 Å². The number of piperazine rings is 1. The van der Waals surface area contributed by atoms with E-state index in [4.69, 9.17) is 4.74 Å². The fraction of sp³-hybridized carbons (Fsp3) is 0.481. The number of hydrogen-bond acceptors (Lipinski definition) is 5. The average molecular weight is 607 g/mol. The summed E-state index contributed by atoms with van der Waals surface area (Å²) in [6, 6.07) is 6.44. The number of alkyl halides is 6. The third-order valence-corrected chi connectivity index (χ3v) is 7.24. The number of nitrogens with one attached hydrogen (secondary N) is 2. The molecular weight excluding hydrogens is 577 g/mol. The summed E-state index contributed by atoms with van der Waals surface area (Å²) in [5.41, 5.74) is -5.95. The molecule has 0 aromatic heterocycles. The highest BCUT2D eigenvalue weighted by atomic mass is 19.4. The molecule has 3 N–H and O–H groups in total. The van der Waals surface area contributed by atoms with E-state index >= 15 is 0 Å². The van der Waals surface area contributed by atoms with Crippen LogP contribution in [0.2, 0.25) is 0 Å². The van der Waals surface area contributed by atoms with Crippen LogP contribution in [0.3, 0.4) is 0 Å². The predicted molar refractivity (Wildman–Crippen MR) is 136 cm³/mol. The summed E-state index contributed by atoms with van der Waals surface area (Å²) in [7, 11) is 0. The van der Waals surface area contributed by atoms with Crippen LogP contribution in [0.5, 0.6) is 0 Å². The van der Waals surface area contributed by atoms with Crippen LogP contribution in [-0.4, -0.2) is 84.6 Å². The minimum absolute atomic E-state index is 0.0728. The molecule has 0 bridgehead atoms. The lowest BCUT2D eigenvalue weighted by molar-refractivity contribution is -0.376. The molecule has 3 amide bonds. The number of hydrogen-bond donors (Lipinski definition) is 3. The zero-order valence-corrected chi connectivity index (χ0v) is 22.2. The van der Waals surface area contributed by atoms with Crippen molar-refractivity contribution in [3.05, 3.63) is 65.0 Å². The molecule has 2 aliphatic heterocycles. The number of anilines is 1. The summed E-state index contributed by atoms with van der Waals surface area (Å²) in [4.78, 5) is 28.3. The Hall–Kier alpha value is -3.43. The fourth-order valence-electron chi connectivity index (χ4n) is 4.82. The van der Waals surface area contributed by atoms with Crippen LogP contribution in [0.25, 0.3) is 0 Å². The third kappa shape index (κ3) is 6.95. The van der Waals surface area contributed by atoms with Crippen LogP contribution in [0.15, 0.2) is 42.5 Å². The standard InChI is InChI=1S/C27H29F7N4O4/c28-21-14-18(5-8-22(21)36-24(40)35-15-20-2-1-13-42-20)23(39)38-11-9-37(10-12-38)16-17-3-6-19(7-4-17)25(41,26(29,30)31)27(32,33)34/h3-8,14,20,41H,1-2,9-13,15-16H2,(H2,35,36,40)/t20-/m0/s1. The predicted octanol–water partition coefficient (Wildman–Crippen LogP) is 4.40. The van der Waals surface area contributed by atoms with Crippen LogP contribution < -0.4 is 10.6 Å². The fourth-order valence-corrected chi connectivity index (χ4v) is 4.82. The Morgan fingerprint density at radius 3 is 2.14 bits per heavy atom. The van der Waals surface area contributed by atoms with Gasteiger partial charge in [0.05, 0.1) is 11.8 Å². The lowest BCUT2D eigenvalue weighted by atomic mass is 9.91. The summed E-state index contributed by atoms with van der Waals surface area (Å²) in [5.74, 6) is -1.23. The van der Waals surface area contributed by atoms with Crippen molar-refractivity contribution in [1.29, 1.82) is 0 Å². The van der Waals surface area contributed by atoms with E-state index in [-0.39, 0.29) is 37.0 Å². The molecule has 0 saturated carbocycles. The van der Waals surface area contributed by atoms with Crippen LogP contribution in [0.4, 0.5) is 41.2 Å². The molecule has 2 aromatic rings. The van der Waals surface area contributed by atoms with Crippen molar-refractivity contribution in [2.75, 3.05) is 44.6 Å². The normalized spacial score (nSPS) is 18.7. The second-order valence-corrected chi connectivity index (χ2v) is 10.1. The SMILES string of the molecule is O=C(NC[C@@H]1CCCO1)Nc1ccc(C(=O)N2CCN(Cc3ccc(C(O)(C(F)(F)F)C(F)(F)F)cc3)CC2)cc1F. The van der Waals surface area contributed by atoms with Gasteiger partial charge in [-0.25, -0.2) is 9.18 Å². The Morgan fingerprint density at radius 1 is 0.952 bits per heavy atom. The number of nitrogens with zero attached hydrogens (tertiary/aromatic N) is 2. The molecule has 2 heterocycles. The van der Waals surface area contributed by atoms with E-state index in [1.54, 1.807) is 0 Å². The molecule has 0 spiro atoms. The molecule has 0 unspecified atom stereocenters. The van der Waals surface area contributed by atoms with Gasteiger partial charge in [0.2, 0.25) is 0 Å². The monoisotopic (exact) mass is 606 g/mol. The van der Waals surface area contributed by atoms with Crippen LogP contribution in [0, 0.1) is 5.82 Å². The van der Waals surface area contributed by atoms with Gasteiger partial charge in [0, 0.05) is 57.0 Å². The molecule has 230 valence electrons. The van der Waals surface area contributed by atoms with Crippen LogP contribution in [-0.2, 0) is 16.9 Å². The first kappa shape index (κ1) is 31.5. The molecule has 0 aliphatic carbocycles. The van der Waals surface area contributed by atoms with E-state index in [0.717, 1.165) is 31.0 Å². The lowest BCUT2D eigenvalue weighted by Gasteiger charge is -2.35. The molecule has 4 rings (SSSR count). The second-order valence-electron chi connectivity index (χ2n) is 10.1. The quantitative estimate of drug-likeness (QED) is 0.407. The summed E-state index contributed by atoms with van der Waals surface area (Å²) in [6.07, 6.45) is -10.3. The number of carbonyl (C=O) groups is 2. The Bertz CT molecular complexity index is 1240. The maximum absolute atomic E-state index is 14.6. The number of halogens is 7. The summed E-state index contributed by atoms with van der Waals surface area (Å²) < 4.78 is 98.6. The van der Waals surface area contributed by atoms with Gasteiger partial charge < -0.3 is 25.4 Å². The summed E-state index contributed by atoms with van der Waals surface area (Å²) >= 11 is 0. The zero-order chi connectivity index (χ0) is 30.7. The highest BCUT2D eigenvalue weighted by molar-refractivity contribution is 5.95. The van der Waals surface area contributed by atoms with E-state index in [1.807, 2.05) is 4.90 Å². The van der Waals surface area contributed by atoms with Crippen molar-refractivity contribution in [2.24, 2.45) is 0 Å². The van der Waals surface area contributed by atoms with Crippen LogP contribution in [0.1, 0.15) is 34.3 Å². The van der Waals surface area contributed by atoms with Gasteiger partial charge in [-0.1, -0.05) is 24.3 Å². The smallest absolute Gasteiger partial charge is 0.376 e. The Morgan fingerprint density at radius 2 is 1.60 bits per heavy atom. The molecule has 1 atom stereocenters. The van der Waals surface area contributed by atoms with Gasteiger partial charge in [0.1, 0.15) is 5.82 Å². The highest BCUT2D eigenvalue weighted by Crippen LogP contribution is 2.50. The van der Waals surface area contributed by atoms with Gasteiger partial charge in [0.15, 0.2) is 0 Å². The van der Waals surface area contributed by atoms with E-state index in [2.05, 4.69) is 10.6 Å². The van der Waals surface area contributed by atoms with Gasteiger partial charge in [-0.3, -0.25) is 9.69 Å². The molecule has 2 fully saturated rings. The molecule has 42 heavy (non-hydrogen) atoms. The molecule has 2 aliphatic rings. The van der Waals surface area contributed by atoms with Crippen LogP contribution >= 0.6 is 0 Å². The van der Waals surface area contributed by atoms with E-state index in [0.29, 0.717) is 43.9 Å². The van der Waals surface area contributed by atoms with Gasteiger partial charge in [-0.05, 0) is 36.6 Å². The molecular formula is C27H29F7N4O4. The first-order valence-corrected chi connectivity index (χ1v) is 13.1. The maximum atomic E-state index is 14.6. The molecule has 15 heteroatoms. The highest BCUT2D eigenvalue weighted by Gasteiger charge is 2.71. The minimum atomic E-state index is -5.96. The molecule has 8 nitrogen and oxygen atoms in total. The molecule has 0 radical (unpaired) electrons. The Kier molecular flexibility index (Phi) is 9.33. The third-order valence-electron chi connectivity index (χ3n) is 7.24. The van der Waals surface area contributed by atoms with E-state index in [9.17, 15) is 45.4 Å². The number of ether oxygens (including phenoxy) is 1. The maximum Gasteiger partial charge on any atom is 0.430 e. The first-order valence-electron chi connectivity index (χ1n) is 13.1. The van der Waals surface area contributed by atoms with Gasteiger partial charge in [-0.2, -0.15) is 26.3 Å². The molecule has 2 aromatic carbocycles. The van der Waals surface area contributed by atoms with Crippen molar-refractivity contribution in [2.45, 2.75) is 43.4 Å². The second kappa shape index (κ2) is 12.4. The van der Waals surface area contributed by atoms with E-state index < -0.39 is 41.3 Å². The number of benzene rings is 2.